The number of hydrogen-bond acceptors (Lipinski definition) is 4. The smallest absolute Gasteiger partial charge is 0.328 e. The van der Waals surface area contributed by atoms with E-state index in [1.807, 2.05) is 6.92 Å². The highest BCUT2D eigenvalue weighted by Crippen LogP contribution is 2.28. The molecule has 20 heavy (non-hydrogen) atoms. The molecule has 1 aliphatic carbocycles. The number of pyridine rings is 1. The molecule has 1 aromatic rings. The summed E-state index contributed by atoms with van der Waals surface area (Å²) in [5.74, 6) is 0.845. The van der Waals surface area contributed by atoms with Gasteiger partial charge >= 0.3 is 5.97 Å². The Hall–Kier alpha value is -1.58. The highest BCUT2D eigenvalue weighted by atomic mass is 16.5. The second-order valence-corrected chi connectivity index (χ2v) is 5.59. The van der Waals surface area contributed by atoms with Gasteiger partial charge in [0.05, 0.1) is 6.61 Å². The summed E-state index contributed by atoms with van der Waals surface area (Å²) in [6.45, 7) is 3.20. The summed E-state index contributed by atoms with van der Waals surface area (Å²) in [5, 5.41) is 0. The molecule has 1 aromatic heterocycles. The van der Waals surface area contributed by atoms with Crippen molar-refractivity contribution in [2.75, 3.05) is 18.1 Å². The van der Waals surface area contributed by atoms with Crippen molar-refractivity contribution in [1.82, 2.24) is 4.98 Å². The van der Waals surface area contributed by atoms with Gasteiger partial charge in [0, 0.05) is 12.2 Å². The Kier molecular flexibility index (Phi) is 3.90. The molecule has 0 aromatic carbocycles. The predicted octanol–water partition coefficient (Wildman–Crippen LogP) is 2.49. The van der Waals surface area contributed by atoms with Crippen molar-refractivity contribution in [3.05, 3.63) is 23.4 Å². The largest absolute Gasteiger partial charge is 0.464 e. The molecule has 1 fully saturated rings. The standard InChI is InChI=1S/C16H22N2O2/c1-2-20-16(19)14-8-3-4-11-18(14)15-10-9-12-6-5-7-13(12)17-15/h9-10,14H,2-8,11H2,1H3. The number of aryl methyl sites for hydroxylation is 2. The maximum atomic E-state index is 12.1. The van der Waals surface area contributed by atoms with Crippen molar-refractivity contribution in [3.63, 3.8) is 0 Å². The third kappa shape index (κ3) is 2.51. The Morgan fingerprint density at radius 2 is 2.25 bits per heavy atom. The lowest BCUT2D eigenvalue weighted by Gasteiger charge is -2.35. The maximum Gasteiger partial charge on any atom is 0.328 e. The molecule has 0 spiro atoms. The van der Waals surface area contributed by atoms with Crippen LogP contribution in [0.25, 0.3) is 0 Å². The first kappa shape index (κ1) is 13.4. The number of carbonyl (C=O) groups is 1. The summed E-state index contributed by atoms with van der Waals surface area (Å²) < 4.78 is 5.22. The number of fused-ring (bicyclic) bond motifs is 1. The van der Waals surface area contributed by atoms with E-state index in [1.165, 1.54) is 17.7 Å². The van der Waals surface area contributed by atoms with E-state index in [0.717, 1.165) is 44.5 Å². The van der Waals surface area contributed by atoms with Crippen molar-refractivity contribution < 1.29 is 9.53 Å². The van der Waals surface area contributed by atoms with E-state index in [4.69, 9.17) is 9.72 Å². The van der Waals surface area contributed by atoms with Gasteiger partial charge in [0.2, 0.25) is 0 Å². The maximum absolute atomic E-state index is 12.1. The lowest BCUT2D eigenvalue weighted by molar-refractivity contribution is -0.145. The summed E-state index contributed by atoms with van der Waals surface area (Å²) in [5.41, 5.74) is 2.59. The zero-order valence-electron chi connectivity index (χ0n) is 12.1. The lowest BCUT2D eigenvalue weighted by atomic mass is 10.0. The van der Waals surface area contributed by atoms with Crippen LogP contribution in [0.2, 0.25) is 0 Å². The van der Waals surface area contributed by atoms with Crippen molar-refractivity contribution in [2.45, 2.75) is 51.5 Å². The predicted molar refractivity (Wildman–Crippen MR) is 77.9 cm³/mol. The highest BCUT2D eigenvalue weighted by molar-refractivity contribution is 5.80. The van der Waals surface area contributed by atoms with Crippen LogP contribution in [0.5, 0.6) is 0 Å². The third-order valence-electron chi connectivity index (χ3n) is 4.27. The highest BCUT2D eigenvalue weighted by Gasteiger charge is 2.31. The fraction of sp³-hybridized carbons (Fsp3) is 0.625. The van der Waals surface area contributed by atoms with E-state index in [9.17, 15) is 4.79 Å². The minimum atomic E-state index is -0.157. The zero-order chi connectivity index (χ0) is 13.9. The van der Waals surface area contributed by atoms with Gasteiger partial charge in [-0.25, -0.2) is 9.78 Å². The van der Waals surface area contributed by atoms with Gasteiger partial charge in [0.15, 0.2) is 0 Å². The first-order valence-electron chi connectivity index (χ1n) is 7.71. The number of rotatable bonds is 3. The molecule has 0 bridgehead atoms. The second-order valence-electron chi connectivity index (χ2n) is 5.59. The number of anilines is 1. The molecule has 2 heterocycles. The summed E-state index contributed by atoms with van der Waals surface area (Å²) >= 11 is 0. The average molecular weight is 274 g/mol. The van der Waals surface area contributed by atoms with Crippen LogP contribution < -0.4 is 4.90 Å². The van der Waals surface area contributed by atoms with Crippen LogP contribution in [0.1, 0.15) is 43.9 Å². The molecule has 1 unspecified atom stereocenters. The van der Waals surface area contributed by atoms with Gasteiger partial charge in [-0.2, -0.15) is 0 Å². The number of ether oxygens (including phenoxy) is 1. The number of nitrogens with zero attached hydrogens (tertiary/aromatic N) is 2. The summed E-state index contributed by atoms with van der Waals surface area (Å²) in [4.78, 5) is 19.1. The number of esters is 1. The fourth-order valence-corrected chi connectivity index (χ4v) is 3.26. The van der Waals surface area contributed by atoms with Crippen molar-refractivity contribution in [3.8, 4) is 0 Å². The lowest BCUT2D eigenvalue weighted by Crippen LogP contribution is -2.46. The van der Waals surface area contributed by atoms with Gasteiger partial charge in [-0.1, -0.05) is 6.07 Å². The minimum absolute atomic E-state index is 0.102. The van der Waals surface area contributed by atoms with E-state index in [2.05, 4.69) is 17.0 Å². The van der Waals surface area contributed by atoms with E-state index < -0.39 is 0 Å². The quantitative estimate of drug-likeness (QED) is 0.794. The summed E-state index contributed by atoms with van der Waals surface area (Å²) in [6, 6.07) is 4.10. The number of piperidine rings is 1. The molecule has 4 heteroatoms. The van der Waals surface area contributed by atoms with Crippen molar-refractivity contribution >= 4 is 11.8 Å². The normalized spacial score (nSPS) is 21.6. The van der Waals surface area contributed by atoms with Crippen LogP contribution in [0, 0.1) is 0 Å². The molecule has 4 nitrogen and oxygen atoms in total. The monoisotopic (exact) mass is 274 g/mol. The fourth-order valence-electron chi connectivity index (χ4n) is 3.26. The van der Waals surface area contributed by atoms with Gasteiger partial charge < -0.3 is 9.64 Å². The molecule has 1 aliphatic heterocycles. The molecule has 1 atom stereocenters. The van der Waals surface area contributed by atoms with Gasteiger partial charge in [-0.3, -0.25) is 0 Å². The van der Waals surface area contributed by atoms with Crippen LogP contribution in [0.3, 0.4) is 0 Å². The second kappa shape index (κ2) is 5.81. The molecule has 0 radical (unpaired) electrons. The third-order valence-corrected chi connectivity index (χ3v) is 4.27. The van der Waals surface area contributed by atoms with E-state index in [-0.39, 0.29) is 12.0 Å². The number of carbonyl (C=O) groups excluding carboxylic acids is 1. The SMILES string of the molecule is CCOC(=O)C1CCCCN1c1ccc2c(n1)CCC2. The molecule has 0 saturated carbocycles. The first-order valence-corrected chi connectivity index (χ1v) is 7.71. The topological polar surface area (TPSA) is 42.4 Å². The van der Waals surface area contributed by atoms with Gasteiger partial charge in [0.1, 0.15) is 11.9 Å². The summed E-state index contributed by atoms with van der Waals surface area (Å²) in [7, 11) is 0. The van der Waals surface area contributed by atoms with E-state index in [1.54, 1.807) is 0 Å². The molecular weight excluding hydrogens is 252 g/mol. The van der Waals surface area contributed by atoms with Crippen LogP contribution in [0.15, 0.2) is 12.1 Å². The van der Waals surface area contributed by atoms with E-state index in [0.29, 0.717) is 6.61 Å². The Morgan fingerprint density at radius 3 is 3.10 bits per heavy atom. The Morgan fingerprint density at radius 1 is 1.35 bits per heavy atom. The van der Waals surface area contributed by atoms with Crippen molar-refractivity contribution in [2.24, 2.45) is 0 Å². The Balaban J connectivity index is 1.84. The molecular formula is C16H22N2O2. The Labute approximate surface area is 120 Å². The van der Waals surface area contributed by atoms with Gasteiger partial charge in [-0.15, -0.1) is 0 Å². The Bertz CT molecular complexity index is 501. The average Bonchev–Trinajstić information content (AvgIpc) is 2.95. The minimum Gasteiger partial charge on any atom is -0.464 e. The van der Waals surface area contributed by atoms with Crippen LogP contribution in [-0.4, -0.2) is 30.1 Å². The van der Waals surface area contributed by atoms with Crippen LogP contribution >= 0.6 is 0 Å². The molecule has 0 amide bonds. The molecule has 2 aliphatic rings. The van der Waals surface area contributed by atoms with Crippen LogP contribution in [-0.2, 0) is 22.4 Å². The number of hydrogen-bond donors (Lipinski definition) is 0. The van der Waals surface area contributed by atoms with E-state index >= 15 is 0 Å². The molecule has 3 rings (SSSR count). The zero-order valence-corrected chi connectivity index (χ0v) is 12.1. The molecule has 1 saturated heterocycles. The number of aromatic nitrogens is 1. The first-order chi connectivity index (χ1) is 9.79. The molecule has 0 N–H and O–H groups in total. The van der Waals surface area contributed by atoms with Gasteiger partial charge in [-0.05, 0) is 57.1 Å². The van der Waals surface area contributed by atoms with Crippen molar-refractivity contribution in [1.29, 1.82) is 0 Å². The van der Waals surface area contributed by atoms with Crippen LogP contribution in [0.4, 0.5) is 5.82 Å². The molecule has 108 valence electrons. The summed E-state index contributed by atoms with van der Waals surface area (Å²) in [6.07, 6.45) is 6.50. The van der Waals surface area contributed by atoms with Gasteiger partial charge in [0.25, 0.3) is 0 Å².